The van der Waals surface area contributed by atoms with Gasteiger partial charge in [-0.3, -0.25) is 0 Å². The standard InChI is InChI=1S/C15H27BO2/c1-6-9-15(10-7-8-11-15)12-16-17-13(2,3)14(4,5)18-16/h6H,1,7-12H2,2-5H3. The predicted molar refractivity (Wildman–Crippen MR) is 76.6 cm³/mol. The molecule has 1 aliphatic heterocycles. The Bertz CT molecular complexity index is 300. The molecule has 0 unspecified atom stereocenters. The number of hydrogen-bond donors (Lipinski definition) is 0. The highest BCUT2D eigenvalue weighted by atomic mass is 16.7. The molecule has 2 fully saturated rings. The van der Waals surface area contributed by atoms with E-state index in [4.69, 9.17) is 9.31 Å². The summed E-state index contributed by atoms with van der Waals surface area (Å²) in [7, 11) is -0.0481. The van der Waals surface area contributed by atoms with Gasteiger partial charge in [-0.1, -0.05) is 18.9 Å². The van der Waals surface area contributed by atoms with Crippen LogP contribution in [0.25, 0.3) is 0 Å². The van der Waals surface area contributed by atoms with Crippen LogP contribution in [0.4, 0.5) is 0 Å². The Labute approximate surface area is 112 Å². The quantitative estimate of drug-likeness (QED) is 0.549. The first kappa shape index (κ1) is 14.1. The van der Waals surface area contributed by atoms with Gasteiger partial charge in [0.25, 0.3) is 0 Å². The van der Waals surface area contributed by atoms with E-state index >= 15 is 0 Å². The van der Waals surface area contributed by atoms with Crippen molar-refractivity contribution < 1.29 is 9.31 Å². The average Bonchev–Trinajstić information content (AvgIpc) is 2.71. The maximum Gasteiger partial charge on any atom is 0.458 e. The minimum absolute atomic E-state index is 0.0481. The highest BCUT2D eigenvalue weighted by molar-refractivity contribution is 6.45. The third-order valence-corrected chi connectivity index (χ3v) is 5.14. The van der Waals surface area contributed by atoms with Gasteiger partial charge in [-0.15, -0.1) is 6.58 Å². The molecule has 0 atom stereocenters. The molecule has 0 N–H and O–H groups in total. The summed E-state index contributed by atoms with van der Waals surface area (Å²) in [5, 5.41) is 0. The molecular formula is C15H27BO2. The Morgan fingerprint density at radius 3 is 2.00 bits per heavy atom. The second-order valence-corrected chi connectivity index (χ2v) is 7.09. The molecular weight excluding hydrogens is 223 g/mol. The van der Waals surface area contributed by atoms with E-state index < -0.39 is 0 Å². The smallest absolute Gasteiger partial charge is 0.403 e. The molecule has 2 nitrogen and oxygen atoms in total. The third kappa shape index (κ3) is 2.53. The normalized spacial score (nSPS) is 28.6. The van der Waals surface area contributed by atoms with Crippen LogP contribution in [-0.2, 0) is 9.31 Å². The van der Waals surface area contributed by atoms with Crippen LogP contribution in [0.2, 0.25) is 6.32 Å². The first-order valence-corrected chi connectivity index (χ1v) is 7.27. The Hall–Kier alpha value is -0.275. The monoisotopic (exact) mass is 250 g/mol. The summed E-state index contributed by atoms with van der Waals surface area (Å²) >= 11 is 0. The van der Waals surface area contributed by atoms with E-state index in [1.54, 1.807) is 0 Å². The van der Waals surface area contributed by atoms with Crippen LogP contribution in [0.15, 0.2) is 12.7 Å². The molecule has 1 saturated carbocycles. The van der Waals surface area contributed by atoms with Crippen molar-refractivity contribution in [2.75, 3.05) is 0 Å². The molecule has 0 aromatic carbocycles. The summed E-state index contributed by atoms with van der Waals surface area (Å²) in [6.07, 6.45) is 9.45. The molecule has 0 spiro atoms. The van der Waals surface area contributed by atoms with E-state index in [2.05, 4.69) is 40.3 Å². The number of allylic oxidation sites excluding steroid dienone is 1. The summed E-state index contributed by atoms with van der Waals surface area (Å²) in [4.78, 5) is 0. The van der Waals surface area contributed by atoms with Gasteiger partial charge in [-0.25, -0.2) is 0 Å². The molecule has 0 aromatic heterocycles. The molecule has 1 aliphatic carbocycles. The zero-order valence-electron chi connectivity index (χ0n) is 12.4. The van der Waals surface area contributed by atoms with E-state index in [0.717, 1.165) is 12.7 Å². The van der Waals surface area contributed by atoms with Crippen LogP contribution in [0.3, 0.4) is 0 Å². The van der Waals surface area contributed by atoms with Gasteiger partial charge in [-0.05, 0) is 58.7 Å². The molecule has 2 aliphatic rings. The fourth-order valence-corrected chi connectivity index (χ4v) is 3.32. The predicted octanol–water partition coefficient (Wildman–Crippen LogP) is 4.22. The van der Waals surface area contributed by atoms with Gasteiger partial charge in [0, 0.05) is 0 Å². The molecule has 3 heteroatoms. The van der Waals surface area contributed by atoms with Gasteiger partial charge in [0.1, 0.15) is 0 Å². The van der Waals surface area contributed by atoms with Gasteiger partial charge in [-0.2, -0.15) is 0 Å². The fourth-order valence-electron chi connectivity index (χ4n) is 3.32. The van der Waals surface area contributed by atoms with Crippen LogP contribution in [0.5, 0.6) is 0 Å². The van der Waals surface area contributed by atoms with Crippen molar-refractivity contribution in [2.24, 2.45) is 5.41 Å². The average molecular weight is 250 g/mol. The van der Waals surface area contributed by atoms with Crippen molar-refractivity contribution in [1.82, 2.24) is 0 Å². The molecule has 18 heavy (non-hydrogen) atoms. The summed E-state index contributed by atoms with van der Waals surface area (Å²) < 4.78 is 12.3. The molecule has 1 heterocycles. The number of rotatable bonds is 4. The minimum Gasteiger partial charge on any atom is -0.403 e. The Balaban J connectivity index is 2.04. The summed E-state index contributed by atoms with van der Waals surface area (Å²) in [6, 6.07) is 0. The minimum atomic E-state index is -0.203. The first-order valence-electron chi connectivity index (χ1n) is 7.27. The van der Waals surface area contributed by atoms with Gasteiger partial charge in [0.2, 0.25) is 0 Å². The molecule has 0 amide bonds. The van der Waals surface area contributed by atoms with E-state index in [0.29, 0.717) is 5.41 Å². The lowest BCUT2D eigenvalue weighted by Gasteiger charge is -2.32. The maximum atomic E-state index is 6.14. The third-order valence-electron chi connectivity index (χ3n) is 5.14. The van der Waals surface area contributed by atoms with Crippen LogP contribution in [0, 0.1) is 5.41 Å². The zero-order valence-corrected chi connectivity index (χ0v) is 12.4. The molecule has 2 rings (SSSR count). The van der Waals surface area contributed by atoms with Crippen molar-refractivity contribution in [3.8, 4) is 0 Å². The lowest BCUT2D eigenvalue weighted by atomic mass is 9.65. The molecule has 102 valence electrons. The molecule has 0 aromatic rings. The van der Waals surface area contributed by atoms with E-state index in [-0.39, 0.29) is 18.3 Å². The van der Waals surface area contributed by atoms with Gasteiger partial charge in [0.15, 0.2) is 0 Å². The van der Waals surface area contributed by atoms with Crippen molar-refractivity contribution >= 4 is 7.12 Å². The topological polar surface area (TPSA) is 18.5 Å². The fraction of sp³-hybridized carbons (Fsp3) is 0.867. The van der Waals surface area contributed by atoms with Crippen molar-refractivity contribution in [2.45, 2.75) is 77.3 Å². The van der Waals surface area contributed by atoms with Crippen LogP contribution >= 0.6 is 0 Å². The summed E-state index contributed by atoms with van der Waals surface area (Å²) in [5.74, 6) is 0. The van der Waals surface area contributed by atoms with Crippen molar-refractivity contribution in [3.63, 3.8) is 0 Å². The second kappa shape index (κ2) is 4.68. The molecule has 1 saturated heterocycles. The summed E-state index contributed by atoms with van der Waals surface area (Å²) in [6.45, 7) is 12.4. The van der Waals surface area contributed by atoms with Crippen molar-refractivity contribution in [1.29, 1.82) is 0 Å². The largest absolute Gasteiger partial charge is 0.458 e. The van der Waals surface area contributed by atoms with Crippen LogP contribution in [-0.4, -0.2) is 18.3 Å². The summed E-state index contributed by atoms with van der Waals surface area (Å²) in [5.41, 5.74) is -0.0276. The Morgan fingerprint density at radius 1 is 1.06 bits per heavy atom. The van der Waals surface area contributed by atoms with Gasteiger partial charge >= 0.3 is 7.12 Å². The lowest BCUT2D eigenvalue weighted by molar-refractivity contribution is 0.00578. The van der Waals surface area contributed by atoms with Crippen LogP contribution in [0.1, 0.15) is 59.8 Å². The first-order chi connectivity index (χ1) is 8.30. The van der Waals surface area contributed by atoms with E-state index in [9.17, 15) is 0 Å². The lowest BCUT2D eigenvalue weighted by Crippen LogP contribution is -2.41. The molecule has 0 bridgehead atoms. The zero-order chi connectivity index (χ0) is 13.4. The van der Waals surface area contributed by atoms with Gasteiger partial charge in [0.05, 0.1) is 11.2 Å². The van der Waals surface area contributed by atoms with E-state index in [1.165, 1.54) is 25.7 Å². The SMILES string of the molecule is C=CCC1(CB2OC(C)(C)C(C)(C)O2)CCCC1. The molecule has 0 radical (unpaired) electrons. The van der Waals surface area contributed by atoms with Crippen LogP contribution < -0.4 is 0 Å². The van der Waals surface area contributed by atoms with E-state index in [1.807, 2.05) is 0 Å². The van der Waals surface area contributed by atoms with Gasteiger partial charge < -0.3 is 9.31 Å². The second-order valence-electron chi connectivity index (χ2n) is 7.09. The number of hydrogen-bond acceptors (Lipinski definition) is 2. The Kier molecular flexibility index (Phi) is 3.68. The highest BCUT2D eigenvalue weighted by Gasteiger charge is 2.53. The Morgan fingerprint density at radius 2 is 1.56 bits per heavy atom. The highest BCUT2D eigenvalue weighted by Crippen LogP contribution is 2.48. The van der Waals surface area contributed by atoms with Crippen molar-refractivity contribution in [3.05, 3.63) is 12.7 Å². The maximum absolute atomic E-state index is 6.14.